The van der Waals surface area contributed by atoms with Crippen LogP contribution in [0.1, 0.15) is 78.4 Å². The summed E-state index contributed by atoms with van der Waals surface area (Å²) in [6, 6.07) is 34.2. The van der Waals surface area contributed by atoms with Crippen LogP contribution in [0.25, 0.3) is 21.8 Å². The topological polar surface area (TPSA) is 89.2 Å². The molecule has 4 aromatic carbocycles. The number of halogens is 3. The maximum Gasteiger partial charge on any atom is 0.129 e. The molecule has 2 aliphatic heterocycles. The highest BCUT2D eigenvalue weighted by atomic mass is 35.5. The van der Waals surface area contributed by atoms with Gasteiger partial charge in [-0.3, -0.25) is 0 Å². The minimum absolute atomic E-state index is 0.146. The molecule has 8 nitrogen and oxygen atoms in total. The van der Waals surface area contributed by atoms with Crippen LogP contribution < -0.4 is 31.5 Å². The van der Waals surface area contributed by atoms with E-state index in [1.807, 2.05) is 30.3 Å². The number of fused-ring (bicyclic) bond motifs is 2. The SMILES string of the molecule is CC(C)(C)NC1CCN(c2cc(NCc3ccc(F)cc3)nc3ccccc23)CC1.CC(C)(C)NC1CCNCC1.Fc1ccc(CNc2cc(Cl)c3ccccc3n2)cc1. The molecule has 4 heterocycles. The Morgan fingerprint density at radius 2 is 1.05 bits per heavy atom. The van der Waals surface area contributed by atoms with E-state index in [4.69, 9.17) is 16.6 Å². The van der Waals surface area contributed by atoms with E-state index in [1.165, 1.54) is 61.3 Å². The van der Waals surface area contributed by atoms with Gasteiger partial charge in [0.25, 0.3) is 0 Å². The minimum Gasteiger partial charge on any atom is -0.371 e. The fourth-order valence-electron chi connectivity index (χ4n) is 7.78. The van der Waals surface area contributed by atoms with Crippen molar-refractivity contribution in [2.24, 2.45) is 0 Å². The lowest BCUT2D eigenvalue weighted by molar-refractivity contribution is 0.304. The third kappa shape index (κ3) is 14.6. The maximum absolute atomic E-state index is 13.2. The third-order valence-electron chi connectivity index (χ3n) is 10.6. The zero-order chi connectivity index (χ0) is 43.4. The lowest BCUT2D eigenvalue weighted by atomic mass is 9.99. The van der Waals surface area contributed by atoms with Crippen LogP contribution in [0.3, 0.4) is 0 Å². The molecule has 0 aliphatic carbocycles. The summed E-state index contributed by atoms with van der Waals surface area (Å²) in [5.41, 5.74) is 5.51. The van der Waals surface area contributed by atoms with E-state index in [9.17, 15) is 8.78 Å². The van der Waals surface area contributed by atoms with E-state index in [1.54, 1.807) is 30.3 Å². The van der Waals surface area contributed by atoms with Crippen molar-refractivity contribution in [3.63, 3.8) is 0 Å². The zero-order valence-corrected chi connectivity index (χ0v) is 37.3. The average Bonchev–Trinajstić information content (AvgIpc) is 3.23. The number of rotatable bonds is 9. The number of benzene rings is 4. The Bertz CT molecular complexity index is 2280. The molecule has 0 unspecified atom stereocenters. The van der Waals surface area contributed by atoms with Crippen LogP contribution in [0, 0.1) is 11.6 Å². The molecule has 324 valence electrons. The molecule has 8 rings (SSSR count). The second-order valence-corrected chi connectivity index (χ2v) is 18.5. The molecule has 61 heavy (non-hydrogen) atoms. The number of nitrogens with one attached hydrogen (secondary N) is 5. The normalized spacial score (nSPS) is 15.1. The number of anilines is 3. The van der Waals surface area contributed by atoms with Crippen molar-refractivity contribution in [2.75, 3.05) is 41.7 Å². The van der Waals surface area contributed by atoms with Gasteiger partial charge in [0.2, 0.25) is 0 Å². The molecule has 0 bridgehead atoms. The number of para-hydroxylation sites is 2. The molecule has 0 spiro atoms. The number of hydrogen-bond donors (Lipinski definition) is 5. The molecule has 2 aromatic heterocycles. The minimum atomic E-state index is -0.236. The molecule has 0 saturated carbocycles. The molecule has 5 N–H and O–H groups in total. The van der Waals surface area contributed by atoms with Gasteiger partial charge in [0.1, 0.15) is 23.3 Å². The molecule has 2 fully saturated rings. The van der Waals surface area contributed by atoms with Crippen molar-refractivity contribution in [2.45, 2.75) is 103 Å². The van der Waals surface area contributed by atoms with Gasteiger partial charge in [-0.1, -0.05) is 72.3 Å². The Labute approximate surface area is 366 Å². The summed E-state index contributed by atoms with van der Waals surface area (Å²) in [6.45, 7) is 19.0. The Hall–Kier alpha value is -4.87. The first kappa shape index (κ1) is 45.7. The Balaban J connectivity index is 0.000000172. The molecule has 2 aliphatic rings. The lowest BCUT2D eigenvalue weighted by Crippen LogP contribution is -2.49. The number of pyridine rings is 2. The van der Waals surface area contributed by atoms with Crippen LogP contribution in [0.2, 0.25) is 5.02 Å². The second-order valence-electron chi connectivity index (χ2n) is 18.1. The van der Waals surface area contributed by atoms with Gasteiger partial charge in [-0.05, 0) is 134 Å². The number of hydrogen-bond acceptors (Lipinski definition) is 8. The van der Waals surface area contributed by atoms with Crippen molar-refractivity contribution >= 4 is 50.7 Å². The van der Waals surface area contributed by atoms with Crippen molar-refractivity contribution < 1.29 is 8.78 Å². The van der Waals surface area contributed by atoms with Gasteiger partial charge in [-0.2, -0.15) is 0 Å². The van der Waals surface area contributed by atoms with E-state index in [-0.39, 0.29) is 22.7 Å². The highest BCUT2D eigenvalue weighted by molar-refractivity contribution is 6.35. The van der Waals surface area contributed by atoms with Crippen LogP contribution >= 0.6 is 11.6 Å². The highest BCUT2D eigenvalue weighted by Crippen LogP contribution is 2.31. The van der Waals surface area contributed by atoms with Crippen LogP contribution in [-0.2, 0) is 13.1 Å². The smallest absolute Gasteiger partial charge is 0.129 e. The molecule has 2 saturated heterocycles. The Morgan fingerprint density at radius 1 is 0.607 bits per heavy atom. The first-order valence-corrected chi connectivity index (χ1v) is 22.0. The highest BCUT2D eigenvalue weighted by Gasteiger charge is 2.24. The van der Waals surface area contributed by atoms with Gasteiger partial charge in [-0.15, -0.1) is 0 Å². The van der Waals surface area contributed by atoms with Crippen LogP contribution in [-0.4, -0.2) is 59.3 Å². The largest absolute Gasteiger partial charge is 0.371 e. The monoisotopic (exact) mass is 848 g/mol. The average molecular weight is 850 g/mol. The summed E-state index contributed by atoms with van der Waals surface area (Å²) >= 11 is 6.24. The predicted octanol–water partition coefficient (Wildman–Crippen LogP) is 11.1. The second kappa shape index (κ2) is 21.3. The molecule has 6 aromatic rings. The molecular formula is C50H63ClF2N8. The van der Waals surface area contributed by atoms with E-state index in [0.717, 1.165) is 65.3 Å². The van der Waals surface area contributed by atoms with Gasteiger partial charge < -0.3 is 31.5 Å². The van der Waals surface area contributed by atoms with Gasteiger partial charge in [-0.25, -0.2) is 18.7 Å². The molecule has 0 atom stereocenters. The van der Waals surface area contributed by atoms with Crippen molar-refractivity contribution in [1.82, 2.24) is 25.9 Å². The lowest BCUT2D eigenvalue weighted by Gasteiger charge is -2.37. The summed E-state index contributed by atoms with van der Waals surface area (Å²) in [6.07, 6.45) is 4.81. The van der Waals surface area contributed by atoms with Crippen LogP contribution in [0.15, 0.2) is 109 Å². The number of aromatic nitrogens is 2. The fraction of sp³-hybridized carbons (Fsp3) is 0.400. The number of nitrogens with zero attached hydrogens (tertiary/aromatic N) is 3. The summed E-state index contributed by atoms with van der Waals surface area (Å²) in [4.78, 5) is 11.8. The van der Waals surface area contributed by atoms with Crippen LogP contribution in [0.5, 0.6) is 0 Å². The first-order valence-electron chi connectivity index (χ1n) is 21.6. The fourth-order valence-corrected chi connectivity index (χ4v) is 8.04. The van der Waals surface area contributed by atoms with Gasteiger partial charge >= 0.3 is 0 Å². The standard InChI is InChI=1S/C25H31FN4.C16H12ClFN2.C9H20N2/c1-25(2,3)29-20-12-14-30(15-13-20)23-16-24(28-22-7-5-4-6-21(22)23)27-17-18-8-10-19(26)11-9-18;17-14-9-16(20-15-4-2-1-3-13(14)15)19-10-11-5-7-12(18)8-6-11;1-9(2,3)11-8-4-6-10-7-5-8/h4-11,16,20,29H,12-15,17H2,1-3H3,(H,27,28);1-9H,10H2,(H,19,20);8,10-11H,4-7H2,1-3H3. The zero-order valence-electron chi connectivity index (χ0n) is 36.6. The number of piperidine rings is 2. The van der Waals surface area contributed by atoms with E-state index >= 15 is 0 Å². The summed E-state index contributed by atoms with van der Waals surface area (Å²) < 4.78 is 26.0. The van der Waals surface area contributed by atoms with Gasteiger partial charge in [0, 0.05) is 71.9 Å². The van der Waals surface area contributed by atoms with Gasteiger partial charge in [0.05, 0.1) is 16.1 Å². The van der Waals surface area contributed by atoms with E-state index in [0.29, 0.717) is 30.0 Å². The van der Waals surface area contributed by atoms with Crippen molar-refractivity contribution in [1.29, 1.82) is 0 Å². The van der Waals surface area contributed by atoms with Crippen molar-refractivity contribution in [3.8, 4) is 0 Å². The van der Waals surface area contributed by atoms with Crippen LogP contribution in [0.4, 0.5) is 26.1 Å². The van der Waals surface area contributed by atoms with Crippen molar-refractivity contribution in [3.05, 3.63) is 137 Å². The Morgan fingerprint density at radius 3 is 1.56 bits per heavy atom. The first-order chi connectivity index (χ1) is 29.2. The molecule has 11 heteroatoms. The predicted molar refractivity (Wildman–Crippen MR) is 253 cm³/mol. The summed E-state index contributed by atoms with van der Waals surface area (Å²) in [7, 11) is 0. The Kier molecular flexibility index (Phi) is 15.9. The molecule has 0 radical (unpaired) electrons. The quantitative estimate of drug-likeness (QED) is 0.0983. The van der Waals surface area contributed by atoms with Gasteiger partial charge in [0.15, 0.2) is 0 Å². The molecule has 0 amide bonds. The van der Waals surface area contributed by atoms with E-state index < -0.39 is 0 Å². The summed E-state index contributed by atoms with van der Waals surface area (Å²) in [5, 5.41) is 20.1. The summed E-state index contributed by atoms with van der Waals surface area (Å²) in [5.74, 6) is 1.11. The van der Waals surface area contributed by atoms with E-state index in [2.05, 4.69) is 102 Å². The maximum atomic E-state index is 13.2. The third-order valence-corrected chi connectivity index (χ3v) is 10.9. The molecular weight excluding hydrogens is 786 g/mol.